The Morgan fingerprint density at radius 2 is 2.35 bits per heavy atom. The molecule has 1 aromatic carbocycles. The highest BCUT2D eigenvalue weighted by Gasteiger charge is 2.06. The van der Waals surface area contributed by atoms with E-state index in [1.807, 2.05) is 6.07 Å². The Morgan fingerprint density at radius 3 is 3.00 bits per heavy atom. The minimum Gasteiger partial charge on any atom is -0.508 e. The van der Waals surface area contributed by atoms with E-state index in [1.54, 1.807) is 36.1 Å². The van der Waals surface area contributed by atoms with Crippen molar-refractivity contribution in [3.8, 4) is 5.75 Å². The van der Waals surface area contributed by atoms with Crippen LogP contribution in [0.4, 0.5) is 0 Å². The van der Waals surface area contributed by atoms with Gasteiger partial charge < -0.3 is 10.4 Å². The Balaban J connectivity index is 1.97. The molecule has 0 fully saturated rings. The minimum absolute atomic E-state index is 0.179. The molecular weight excluding hydrogens is 218 g/mol. The van der Waals surface area contributed by atoms with Gasteiger partial charge in [-0.1, -0.05) is 12.1 Å². The van der Waals surface area contributed by atoms with Gasteiger partial charge in [0.1, 0.15) is 5.75 Å². The van der Waals surface area contributed by atoms with Crippen molar-refractivity contribution in [1.29, 1.82) is 0 Å². The zero-order chi connectivity index (χ0) is 12.3. The fourth-order valence-electron chi connectivity index (χ4n) is 1.49. The van der Waals surface area contributed by atoms with Crippen LogP contribution < -0.4 is 5.32 Å². The zero-order valence-electron chi connectivity index (χ0n) is 9.42. The molecule has 0 saturated heterocycles. The van der Waals surface area contributed by atoms with Gasteiger partial charge in [0.25, 0.3) is 5.91 Å². The molecular formula is C12H13N3O2. The molecule has 17 heavy (non-hydrogen) atoms. The van der Waals surface area contributed by atoms with Crippen LogP contribution in [0.2, 0.25) is 0 Å². The number of aromatic nitrogens is 2. The molecule has 2 rings (SSSR count). The first kappa shape index (κ1) is 11.2. The number of nitrogens with zero attached hydrogens (tertiary/aromatic N) is 2. The minimum atomic E-state index is -0.179. The van der Waals surface area contributed by atoms with Crippen LogP contribution in [0.3, 0.4) is 0 Å². The van der Waals surface area contributed by atoms with Crippen LogP contribution in [0.15, 0.2) is 36.7 Å². The van der Waals surface area contributed by atoms with E-state index in [0.29, 0.717) is 12.1 Å². The molecule has 88 valence electrons. The first-order valence-electron chi connectivity index (χ1n) is 5.20. The van der Waals surface area contributed by atoms with Crippen molar-refractivity contribution in [1.82, 2.24) is 15.1 Å². The molecule has 0 bridgehead atoms. The molecule has 5 heteroatoms. The number of carbonyl (C=O) groups excluding carboxylic acids is 1. The summed E-state index contributed by atoms with van der Waals surface area (Å²) in [5.41, 5.74) is 1.37. The summed E-state index contributed by atoms with van der Waals surface area (Å²) in [6.45, 7) is 0.377. The van der Waals surface area contributed by atoms with Crippen molar-refractivity contribution >= 4 is 5.91 Å². The quantitative estimate of drug-likeness (QED) is 0.829. The summed E-state index contributed by atoms with van der Waals surface area (Å²) < 4.78 is 1.57. The molecule has 5 nitrogen and oxygen atoms in total. The average molecular weight is 231 g/mol. The number of nitrogens with one attached hydrogen (secondary N) is 1. The van der Waals surface area contributed by atoms with Gasteiger partial charge in [0.05, 0.1) is 11.8 Å². The van der Waals surface area contributed by atoms with Gasteiger partial charge in [-0.3, -0.25) is 9.48 Å². The summed E-state index contributed by atoms with van der Waals surface area (Å²) in [7, 11) is 1.76. The largest absolute Gasteiger partial charge is 0.508 e. The number of benzene rings is 1. The lowest BCUT2D eigenvalue weighted by atomic mass is 10.2. The second kappa shape index (κ2) is 4.69. The predicted molar refractivity (Wildman–Crippen MR) is 62.5 cm³/mol. The molecule has 0 aliphatic heterocycles. The van der Waals surface area contributed by atoms with E-state index in [1.165, 1.54) is 6.20 Å². The molecule has 1 aromatic heterocycles. The molecule has 0 radical (unpaired) electrons. The maximum atomic E-state index is 11.7. The smallest absolute Gasteiger partial charge is 0.254 e. The van der Waals surface area contributed by atoms with Gasteiger partial charge in [0.15, 0.2) is 0 Å². The Labute approximate surface area is 98.7 Å². The van der Waals surface area contributed by atoms with E-state index < -0.39 is 0 Å². The normalized spacial score (nSPS) is 10.2. The third-order valence-electron chi connectivity index (χ3n) is 2.33. The Kier molecular flexibility index (Phi) is 3.09. The molecule has 1 heterocycles. The molecule has 0 aliphatic rings. The molecule has 0 saturated carbocycles. The van der Waals surface area contributed by atoms with Crippen LogP contribution in [0, 0.1) is 0 Å². The number of amides is 1. The van der Waals surface area contributed by atoms with Crippen molar-refractivity contribution in [2.45, 2.75) is 6.54 Å². The second-order valence-corrected chi connectivity index (χ2v) is 3.76. The number of aromatic hydroxyl groups is 1. The number of phenolic OH excluding ortho intramolecular Hbond substituents is 1. The second-order valence-electron chi connectivity index (χ2n) is 3.76. The van der Waals surface area contributed by atoms with Crippen LogP contribution in [0.25, 0.3) is 0 Å². The maximum Gasteiger partial charge on any atom is 0.254 e. The van der Waals surface area contributed by atoms with Crippen LogP contribution in [0.1, 0.15) is 15.9 Å². The molecule has 0 unspecified atom stereocenters. The molecule has 1 amide bonds. The predicted octanol–water partition coefficient (Wildman–Crippen LogP) is 1.06. The van der Waals surface area contributed by atoms with E-state index in [2.05, 4.69) is 10.4 Å². The van der Waals surface area contributed by atoms with Crippen LogP contribution in [0.5, 0.6) is 5.75 Å². The lowest BCUT2D eigenvalue weighted by molar-refractivity contribution is 0.0951. The number of hydrogen-bond acceptors (Lipinski definition) is 3. The van der Waals surface area contributed by atoms with E-state index in [0.717, 1.165) is 5.56 Å². The lowest BCUT2D eigenvalue weighted by Crippen LogP contribution is -2.22. The van der Waals surface area contributed by atoms with E-state index >= 15 is 0 Å². The maximum absolute atomic E-state index is 11.7. The van der Waals surface area contributed by atoms with Crippen LogP contribution >= 0.6 is 0 Å². The first-order valence-corrected chi connectivity index (χ1v) is 5.20. The average Bonchev–Trinajstić information content (AvgIpc) is 2.73. The summed E-state index contributed by atoms with van der Waals surface area (Å²) in [6, 6.07) is 6.78. The molecule has 0 atom stereocenters. The summed E-state index contributed by atoms with van der Waals surface area (Å²) >= 11 is 0. The van der Waals surface area contributed by atoms with Crippen molar-refractivity contribution < 1.29 is 9.90 Å². The number of phenols is 1. The molecule has 0 aliphatic carbocycles. The van der Waals surface area contributed by atoms with Gasteiger partial charge in [0.2, 0.25) is 0 Å². The molecule has 2 N–H and O–H groups in total. The fraction of sp³-hybridized carbons (Fsp3) is 0.167. The van der Waals surface area contributed by atoms with Crippen molar-refractivity contribution in [2.24, 2.45) is 7.05 Å². The number of aryl methyl sites for hydroxylation is 1. The third-order valence-corrected chi connectivity index (χ3v) is 2.33. The zero-order valence-corrected chi connectivity index (χ0v) is 9.42. The highest BCUT2D eigenvalue weighted by molar-refractivity contribution is 5.93. The highest BCUT2D eigenvalue weighted by Crippen LogP contribution is 2.10. The van der Waals surface area contributed by atoms with Gasteiger partial charge in [-0.25, -0.2) is 0 Å². The van der Waals surface area contributed by atoms with Gasteiger partial charge in [0, 0.05) is 19.8 Å². The van der Waals surface area contributed by atoms with Crippen LogP contribution in [-0.2, 0) is 13.6 Å². The Morgan fingerprint density at radius 1 is 1.53 bits per heavy atom. The molecule has 0 spiro atoms. The SMILES string of the molecule is Cn1cc(C(=O)NCc2cccc(O)c2)cn1. The van der Waals surface area contributed by atoms with Gasteiger partial charge in [-0.05, 0) is 17.7 Å². The molecule has 2 aromatic rings. The van der Waals surface area contributed by atoms with Crippen molar-refractivity contribution in [2.75, 3.05) is 0 Å². The van der Waals surface area contributed by atoms with Crippen molar-refractivity contribution in [3.63, 3.8) is 0 Å². The topological polar surface area (TPSA) is 67.2 Å². The number of hydrogen-bond donors (Lipinski definition) is 2. The van der Waals surface area contributed by atoms with Crippen LogP contribution in [-0.4, -0.2) is 20.8 Å². The summed E-state index contributed by atoms with van der Waals surface area (Å²) in [5.74, 6) is 0.0135. The van der Waals surface area contributed by atoms with Gasteiger partial charge in [-0.15, -0.1) is 0 Å². The van der Waals surface area contributed by atoms with E-state index in [9.17, 15) is 9.90 Å². The van der Waals surface area contributed by atoms with Crippen molar-refractivity contribution in [3.05, 3.63) is 47.8 Å². The van der Waals surface area contributed by atoms with Gasteiger partial charge in [-0.2, -0.15) is 5.10 Å². The summed E-state index contributed by atoms with van der Waals surface area (Å²) in [5, 5.41) is 15.9. The third kappa shape index (κ3) is 2.84. The Hall–Kier alpha value is -2.30. The van der Waals surface area contributed by atoms with Gasteiger partial charge >= 0.3 is 0 Å². The number of rotatable bonds is 3. The summed E-state index contributed by atoms with van der Waals surface area (Å²) in [4.78, 5) is 11.7. The highest BCUT2D eigenvalue weighted by atomic mass is 16.3. The number of carbonyl (C=O) groups is 1. The fourth-order valence-corrected chi connectivity index (χ4v) is 1.49. The lowest BCUT2D eigenvalue weighted by Gasteiger charge is -2.03. The van der Waals surface area contributed by atoms with E-state index in [-0.39, 0.29) is 11.7 Å². The first-order chi connectivity index (χ1) is 8.15. The van der Waals surface area contributed by atoms with E-state index in [4.69, 9.17) is 0 Å². The monoisotopic (exact) mass is 231 g/mol. The summed E-state index contributed by atoms with van der Waals surface area (Å²) in [6.07, 6.45) is 3.16. The Bertz CT molecular complexity index is 534. The standard InChI is InChI=1S/C12H13N3O2/c1-15-8-10(7-14-15)12(17)13-6-9-3-2-4-11(16)5-9/h2-5,7-8,16H,6H2,1H3,(H,13,17).